The average Bonchev–Trinajstić information content (AvgIpc) is 3.15. The van der Waals surface area contributed by atoms with Crippen LogP contribution in [0, 0.1) is 12.8 Å². The maximum absolute atomic E-state index is 12.7. The molecule has 2 heterocycles. The molecule has 146 valence electrons. The first-order valence-electron chi connectivity index (χ1n) is 9.74. The SMILES string of the molecule is COc1ccc(CNC(=O)C2CCCN(c3nc4ccc(C)cc4[nH]3)C2)cc1. The van der Waals surface area contributed by atoms with Crippen LogP contribution in [0.15, 0.2) is 42.5 Å². The summed E-state index contributed by atoms with van der Waals surface area (Å²) in [5.74, 6) is 1.75. The number of hydrogen-bond donors (Lipinski definition) is 2. The van der Waals surface area contributed by atoms with E-state index >= 15 is 0 Å². The van der Waals surface area contributed by atoms with E-state index in [9.17, 15) is 4.79 Å². The van der Waals surface area contributed by atoms with Gasteiger partial charge in [-0.05, 0) is 55.2 Å². The normalized spacial score (nSPS) is 16.9. The van der Waals surface area contributed by atoms with E-state index in [0.29, 0.717) is 13.1 Å². The summed E-state index contributed by atoms with van der Waals surface area (Å²) in [7, 11) is 1.65. The number of benzene rings is 2. The van der Waals surface area contributed by atoms with Crippen LogP contribution in [-0.2, 0) is 11.3 Å². The number of aromatic amines is 1. The highest BCUT2D eigenvalue weighted by atomic mass is 16.5. The number of rotatable bonds is 5. The van der Waals surface area contributed by atoms with Crippen LogP contribution >= 0.6 is 0 Å². The van der Waals surface area contributed by atoms with Gasteiger partial charge in [0.15, 0.2) is 0 Å². The topological polar surface area (TPSA) is 70.2 Å². The number of imidazole rings is 1. The molecule has 1 atom stereocenters. The number of H-pyrrole nitrogens is 1. The molecule has 1 aromatic heterocycles. The van der Waals surface area contributed by atoms with Gasteiger partial charge in [0, 0.05) is 19.6 Å². The number of aromatic nitrogens is 2. The zero-order chi connectivity index (χ0) is 19.5. The minimum atomic E-state index is -0.0260. The van der Waals surface area contributed by atoms with Crippen molar-refractivity contribution in [3.05, 3.63) is 53.6 Å². The fourth-order valence-corrected chi connectivity index (χ4v) is 3.72. The lowest BCUT2D eigenvalue weighted by atomic mass is 9.97. The van der Waals surface area contributed by atoms with Crippen molar-refractivity contribution in [2.75, 3.05) is 25.1 Å². The summed E-state index contributed by atoms with van der Waals surface area (Å²) >= 11 is 0. The van der Waals surface area contributed by atoms with Crippen LogP contribution in [0.4, 0.5) is 5.95 Å². The molecule has 1 amide bonds. The van der Waals surface area contributed by atoms with Crippen molar-refractivity contribution in [1.29, 1.82) is 0 Å². The third kappa shape index (κ3) is 3.96. The second kappa shape index (κ2) is 7.92. The number of nitrogens with zero attached hydrogens (tertiary/aromatic N) is 2. The quantitative estimate of drug-likeness (QED) is 0.714. The van der Waals surface area contributed by atoms with Crippen LogP contribution in [0.2, 0.25) is 0 Å². The molecule has 1 aliphatic rings. The van der Waals surface area contributed by atoms with Gasteiger partial charge in [-0.1, -0.05) is 18.2 Å². The number of carbonyl (C=O) groups is 1. The highest BCUT2D eigenvalue weighted by Gasteiger charge is 2.27. The minimum absolute atomic E-state index is 0.0260. The predicted molar refractivity (Wildman–Crippen MR) is 111 cm³/mol. The second-order valence-corrected chi connectivity index (χ2v) is 7.43. The monoisotopic (exact) mass is 378 g/mol. The molecule has 0 saturated carbocycles. The number of nitrogens with one attached hydrogen (secondary N) is 2. The average molecular weight is 378 g/mol. The number of hydrogen-bond acceptors (Lipinski definition) is 4. The van der Waals surface area contributed by atoms with Gasteiger partial charge in [-0.2, -0.15) is 0 Å². The van der Waals surface area contributed by atoms with Gasteiger partial charge in [-0.3, -0.25) is 4.79 Å². The molecule has 0 bridgehead atoms. The smallest absolute Gasteiger partial charge is 0.225 e. The predicted octanol–water partition coefficient (Wildman–Crippen LogP) is 3.41. The molecule has 1 aliphatic heterocycles. The number of amides is 1. The summed E-state index contributed by atoms with van der Waals surface area (Å²) in [5, 5.41) is 3.08. The second-order valence-electron chi connectivity index (χ2n) is 7.43. The van der Waals surface area contributed by atoms with E-state index in [0.717, 1.165) is 47.7 Å². The maximum Gasteiger partial charge on any atom is 0.225 e. The third-order valence-corrected chi connectivity index (χ3v) is 5.34. The lowest BCUT2D eigenvalue weighted by molar-refractivity contribution is -0.125. The molecular formula is C22H26N4O2. The Labute approximate surface area is 164 Å². The van der Waals surface area contributed by atoms with Crippen molar-refractivity contribution in [2.45, 2.75) is 26.3 Å². The lowest BCUT2D eigenvalue weighted by Crippen LogP contribution is -2.43. The number of fused-ring (bicyclic) bond motifs is 1. The van der Waals surface area contributed by atoms with Crippen molar-refractivity contribution in [1.82, 2.24) is 15.3 Å². The van der Waals surface area contributed by atoms with Crippen LogP contribution < -0.4 is 15.0 Å². The van der Waals surface area contributed by atoms with Crippen LogP contribution in [-0.4, -0.2) is 36.1 Å². The number of piperidine rings is 1. The van der Waals surface area contributed by atoms with Gasteiger partial charge >= 0.3 is 0 Å². The van der Waals surface area contributed by atoms with Gasteiger partial charge in [0.25, 0.3) is 0 Å². The number of ether oxygens (including phenoxy) is 1. The van der Waals surface area contributed by atoms with Crippen LogP contribution in [0.1, 0.15) is 24.0 Å². The van der Waals surface area contributed by atoms with Gasteiger partial charge < -0.3 is 19.9 Å². The minimum Gasteiger partial charge on any atom is -0.497 e. The standard InChI is InChI=1S/C22H26N4O2/c1-15-5-10-19-20(12-15)25-22(24-19)26-11-3-4-17(14-26)21(27)23-13-16-6-8-18(28-2)9-7-16/h5-10,12,17H,3-4,11,13-14H2,1-2H3,(H,23,27)(H,24,25). The Balaban J connectivity index is 1.38. The van der Waals surface area contributed by atoms with E-state index in [1.54, 1.807) is 7.11 Å². The molecule has 28 heavy (non-hydrogen) atoms. The van der Waals surface area contributed by atoms with Crippen molar-refractivity contribution >= 4 is 22.9 Å². The van der Waals surface area contributed by atoms with Gasteiger partial charge in [-0.25, -0.2) is 4.98 Å². The number of carbonyl (C=O) groups excluding carboxylic acids is 1. The first kappa shape index (κ1) is 18.3. The van der Waals surface area contributed by atoms with Crippen LogP contribution in [0.3, 0.4) is 0 Å². The summed E-state index contributed by atoms with van der Waals surface area (Å²) in [6.45, 7) is 4.21. The number of methoxy groups -OCH3 is 1. The van der Waals surface area contributed by atoms with E-state index in [4.69, 9.17) is 9.72 Å². The maximum atomic E-state index is 12.7. The van der Waals surface area contributed by atoms with Crippen LogP contribution in [0.25, 0.3) is 11.0 Å². The zero-order valence-electron chi connectivity index (χ0n) is 16.4. The Morgan fingerprint density at radius 1 is 1.29 bits per heavy atom. The van der Waals surface area contributed by atoms with E-state index in [1.165, 1.54) is 5.56 Å². The Morgan fingerprint density at radius 2 is 2.11 bits per heavy atom. The van der Waals surface area contributed by atoms with E-state index < -0.39 is 0 Å². The van der Waals surface area contributed by atoms with Crippen molar-refractivity contribution in [2.24, 2.45) is 5.92 Å². The van der Waals surface area contributed by atoms with Crippen LogP contribution in [0.5, 0.6) is 5.75 Å². The molecule has 1 fully saturated rings. The molecule has 1 unspecified atom stereocenters. The fraction of sp³-hybridized carbons (Fsp3) is 0.364. The highest BCUT2D eigenvalue weighted by molar-refractivity contribution is 5.80. The largest absolute Gasteiger partial charge is 0.497 e. The zero-order valence-corrected chi connectivity index (χ0v) is 16.4. The highest BCUT2D eigenvalue weighted by Crippen LogP contribution is 2.24. The summed E-state index contributed by atoms with van der Waals surface area (Å²) in [6, 6.07) is 14.0. The van der Waals surface area contributed by atoms with Gasteiger partial charge in [0.2, 0.25) is 11.9 Å². The Morgan fingerprint density at radius 3 is 2.89 bits per heavy atom. The molecule has 2 N–H and O–H groups in total. The number of anilines is 1. The first-order chi connectivity index (χ1) is 13.6. The molecule has 1 saturated heterocycles. The molecular weight excluding hydrogens is 352 g/mol. The van der Waals surface area contributed by atoms with Crippen molar-refractivity contribution in [3.63, 3.8) is 0 Å². The van der Waals surface area contributed by atoms with Gasteiger partial charge in [0.1, 0.15) is 5.75 Å². The molecule has 3 aromatic rings. The van der Waals surface area contributed by atoms with Gasteiger partial charge in [-0.15, -0.1) is 0 Å². The molecule has 0 radical (unpaired) electrons. The third-order valence-electron chi connectivity index (χ3n) is 5.34. The Hall–Kier alpha value is -3.02. The van der Waals surface area contributed by atoms with E-state index in [-0.39, 0.29) is 11.8 Å². The summed E-state index contributed by atoms with van der Waals surface area (Å²) in [4.78, 5) is 23.0. The fourth-order valence-electron chi connectivity index (χ4n) is 3.72. The summed E-state index contributed by atoms with van der Waals surface area (Å²) in [6.07, 6.45) is 1.89. The van der Waals surface area contributed by atoms with Crippen molar-refractivity contribution in [3.8, 4) is 5.75 Å². The Bertz CT molecular complexity index is 964. The summed E-state index contributed by atoms with van der Waals surface area (Å²) in [5.41, 5.74) is 4.28. The van der Waals surface area contributed by atoms with E-state index in [1.807, 2.05) is 30.3 Å². The first-order valence-corrected chi connectivity index (χ1v) is 9.74. The lowest BCUT2D eigenvalue weighted by Gasteiger charge is -2.31. The molecule has 6 nitrogen and oxygen atoms in total. The molecule has 2 aromatic carbocycles. The molecule has 0 spiro atoms. The molecule has 6 heteroatoms. The van der Waals surface area contributed by atoms with E-state index in [2.05, 4.69) is 34.3 Å². The van der Waals surface area contributed by atoms with Crippen molar-refractivity contribution < 1.29 is 9.53 Å². The molecule has 0 aliphatic carbocycles. The summed E-state index contributed by atoms with van der Waals surface area (Å²) < 4.78 is 5.17. The molecule has 4 rings (SSSR count). The Kier molecular flexibility index (Phi) is 5.19. The number of aryl methyl sites for hydroxylation is 1. The van der Waals surface area contributed by atoms with Gasteiger partial charge in [0.05, 0.1) is 24.1 Å².